The van der Waals surface area contributed by atoms with Crippen molar-refractivity contribution in [3.63, 3.8) is 0 Å². The van der Waals surface area contributed by atoms with Gasteiger partial charge in [-0.05, 0) is 27.6 Å². The molecule has 0 fully saturated rings. The third-order valence-electron chi connectivity index (χ3n) is 2.87. The van der Waals surface area contributed by atoms with Crippen molar-refractivity contribution in [1.82, 2.24) is 0 Å². The molecule has 1 aliphatic carbocycles. The Morgan fingerprint density at radius 1 is 1.22 bits per heavy atom. The van der Waals surface area contributed by atoms with Crippen LogP contribution in [0.4, 0.5) is 0 Å². The second kappa shape index (κ2) is 4.37. The first-order valence-corrected chi connectivity index (χ1v) is 7.14. The first-order valence-electron chi connectivity index (χ1n) is 5.54. The van der Waals surface area contributed by atoms with Gasteiger partial charge in [-0.1, -0.05) is 30.3 Å². The van der Waals surface area contributed by atoms with Gasteiger partial charge in [-0.25, -0.2) is 0 Å². The fourth-order valence-electron chi connectivity index (χ4n) is 2.06. The summed E-state index contributed by atoms with van der Waals surface area (Å²) in [7, 11) is 0. The molecule has 1 heterocycles. The number of allylic oxidation sites excluding steroid dienone is 1. The van der Waals surface area contributed by atoms with Crippen molar-refractivity contribution in [2.45, 2.75) is 6.42 Å². The lowest BCUT2D eigenvalue weighted by atomic mass is 10.0. The van der Waals surface area contributed by atoms with Crippen LogP contribution in [0.1, 0.15) is 21.7 Å². The van der Waals surface area contributed by atoms with E-state index in [0.717, 1.165) is 25.4 Å². The van der Waals surface area contributed by atoms with E-state index in [-0.39, 0.29) is 5.78 Å². The monoisotopic (exact) mass is 319 g/mol. The summed E-state index contributed by atoms with van der Waals surface area (Å²) in [6.07, 6.45) is 2.22. The van der Waals surface area contributed by atoms with E-state index >= 15 is 0 Å². The summed E-state index contributed by atoms with van der Waals surface area (Å²) in [6, 6.07) is 10.0. The lowest BCUT2D eigenvalue weighted by molar-refractivity contribution is 0.0991. The van der Waals surface area contributed by atoms with Crippen molar-refractivity contribution in [1.29, 1.82) is 0 Å². The lowest BCUT2D eigenvalue weighted by Gasteiger charge is -2.08. The molecule has 18 heavy (non-hydrogen) atoms. The summed E-state index contributed by atoms with van der Waals surface area (Å²) in [4.78, 5) is 14.1. The standard InChI is InChI=1S/C14H10BrNOS/c15-13-12-10(17)6-9(16)7-11(12)18-14(13)8-4-2-1-3-5-8/h1-5,7H,6,16H2. The molecule has 0 atom stereocenters. The van der Waals surface area contributed by atoms with Crippen LogP contribution in [0.25, 0.3) is 16.5 Å². The van der Waals surface area contributed by atoms with E-state index in [2.05, 4.69) is 15.9 Å². The van der Waals surface area contributed by atoms with Crippen LogP contribution >= 0.6 is 27.3 Å². The number of hydrogen-bond acceptors (Lipinski definition) is 3. The summed E-state index contributed by atoms with van der Waals surface area (Å²) < 4.78 is 0.891. The average molecular weight is 320 g/mol. The molecule has 0 radical (unpaired) electrons. The number of nitrogens with two attached hydrogens (primary N) is 1. The Kier molecular flexibility index (Phi) is 2.84. The van der Waals surface area contributed by atoms with Gasteiger partial charge in [-0.3, -0.25) is 4.79 Å². The molecule has 2 nitrogen and oxygen atoms in total. The summed E-state index contributed by atoms with van der Waals surface area (Å²) in [5.74, 6) is 0.0929. The van der Waals surface area contributed by atoms with Gasteiger partial charge in [0, 0.05) is 19.9 Å². The van der Waals surface area contributed by atoms with E-state index in [1.807, 2.05) is 36.4 Å². The summed E-state index contributed by atoms with van der Waals surface area (Å²) in [6.45, 7) is 0. The molecule has 0 saturated carbocycles. The number of carbonyl (C=O) groups excluding carboxylic acids is 1. The quantitative estimate of drug-likeness (QED) is 0.861. The van der Waals surface area contributed by atoms with Crippen LogP contribution in [-0.4, -0.2) is 5.78 Å². The Balaban J connectivity index is 2.21. The van der Waals surface area contributed by atoms with Crippen LogP contribution in [0.15, 0.2) is 40.5 Å². The highest BCUT2D eigenvalue weighted by Gasteiger charge is 2.25. The molecule has 2 N–H and O–H groups in total. The van der Waals surface area contributed by atoms with Gasteiger partial charge in [0.25, 0.3) is 0 Å². The van der Waals surface area contributed by atoms with Crippen molar-refractivity contribution in [2.24, 2.45) is 5.73 Å². The first kappa shape index (κ1) is 11.7. The summed E-state index contributed by atoms with van der Waals surface area (Å²) in [5, 5.41) is 0. The Morgan fingerprint density at radius 2 is 1.94 bits per heavy atom. The van der Waals surface area contributed by atoms with Gasteiger partial charge >= 0.3 is 0 Å². The number of ketones is 1. The highest BCUT2D eigenvalue weighted by molar-refractivity contribution is 9.10. The summed E-state index contributed by atoms with van der Waals surface area (Å²) in [5.41, 5.74) is 8.30. The molecular formula is C14H10BrNOS. The number of Topliss-reactive ketones (excluding diaryl/α,β-unsaturated/α-hetero) is 1. The van der Waals surface area contributed by atoms with E-state index in [1.54, 1.807) is 11.3 Å². The Bertz CT molecular complexity index is 658. The zero-order valence-corrected chi connectivity index (χ0v) is 11.8. The molecule has 1 aromatic carbocycles. The van der Waals surface area contributed by atoms with E-state index in [9.17, 15) is 4.79 Å². The molecule has 0 bridgehead atoms. The predicted molar refractivity (Wildman–Crippen MR) is 78.6 cm³/mol. The minimum absolute atomic E-state index is 0.0929. The van der Waals surface area contributed by atoms with Gasteiger partial charge < -0.3 is 5.73 Å². The highest BCUT2D eigenvalue weighted by atomic mass is 79.9. The van der Waals surface area contributed by atoms with E-state index in [0.29, 0.717) is 12.1 Å². The largest absolute Gasteiger partial charge is 0.402 e. The van der Waals surface area contributed by atoms with E-state index in [1.165, 1.54) is 0 Å². The molecule has 0 unspecified atom stereocenters. The van der Waals surface area contributed by atoms with Crippen molar-refractivity contribution in [3.8, 4) is 10.4 Å². The van der Waals surface area contributed by atoms with Crippen LogP contribution < -0.4 is 5.73 Å². The number of benzene rings is 1. The molecule has 1 aromatic heterocycles. The van der Waals surface area contributed by atoms with Gasteiger partial charge in [0.05, 0.1) is 12.0 Å². The van der Waals surface area contributed by atoms with Gasteiger partial charge in [0.2, 0.25) is 0 Å². The van der Waals surface area contributed by atoms with Crippen LogP contribution in [0.2, 0.25) is 0 Å². The van der Waals surface area contributed by atoms with Crippen molar-refractivity contribution < 1.29 is 4.79 Å². The smallest absolute Gasteiger partial charge is 0.171 e. The number of fused-ring (bicyclic) bond motifs is 1. The number of thiophene rings is 1. The predicted octanol–water partition coefficient (Wildman–Crippen LogP) is 4.06. The number of carbonyl (C=O) groups is 1. The third kappa shape index (κ3) is 1.82. The molecule has 0 spiro atoms. The summed E-state index contributed by atoms with van der Waals surface area (Å²) >= 11 is 5.15. The Hall–Kier alpha value is -1.39. The second-order valence-corrected chi connectivity index (χ2v) is 6.01. The normalized spacial score (nSPS) is 14.3. The second-order valence-electron chi connectivity index (χ2n) is 4.17. The van der Waals surface area contributed by atoms with Gasteiger partial charge in [0.15, 0.2) is 5.78 Å². The Labute approximate surface area is 117 Å². The molecule has 0 saturated heterocycles. The van der Waals surface area contributed by atoms with Crippen molar-refractivity contribution in [2.75, 3.05) is 0 Å². The van der Waals surface area contributed by atoms with Gasteiger partial charge in [-0.15, -0.1) is 11.3 Å². The molecule has 2 aromatic rings. The van der Waals surface area contributed by atoms with Crippen LogP contribution in [0, 0.1) is 0 Å². The van der Waals surface area contributed by atoms with E-state index in [4.69, 9.17) is 5.73 Å². The zero-order chi connectivity index (χ0) is 12.7. The molecular weight excluding hydrogens is 310 g/mol. The molecule has 0 amide bonds. The number of hydrogen-bond donors (Lipinski definition) is 1. The molecule has 1 aliphatic rings. The maximum atomic E-state index is 12.0. The molecule has 90 valence electrons. The minimum atomic E-state index is 0.0929. The SMILES string of the molecule is NC1=Cc2sc(-c3ccccc3)c(Br)c2C(=O)C1. The molecule has 0 aliphatic heterocycles. The van der Waals surface area contributed by atoms with Gasteiger partial charge in [-0.2, -0.15) is 0 Å². The maximum Gasteiger partial charge on any atom is 0.171 e. The lowest BCUT2D eigenvalue weighted by Crippen LogP contribution is -2.11. The number of rotatable bonds is 1. The van der Waals surface area contributed by atoms with Crippen molar-refractivity contribution >= 4 is 39.1 Å². The van der Waals surface area contributed by atoms with Crippen LogP contribution in [-0.2, 0) is 0 Å². The number of halogens is 1. The topological polar surface area (TPSA) is 43.1 Å². The zero-order valence-electron chi connectivity index (χ0n) is 9.44. The van der Waals surface area contributed by atoms with Gasteiger partial charge in [0.1, 0.15) is 0 Å². The third-order valence-corrected chi connectivity index (χ3v) is 5.11. The van der Waals surface area contributed by atoms with Crippen molar-refractivity contribution in [3.05, 3.63) is 50.9 Å². The highest BCUT2D eigenvalue weighted by Crippen LogP contribution is 2.43. The first-order chi connectivity index (χ1) is 8.66. The van der Waals surface area contributed by atoms with E-state index < -0.39 is 0 Å². The molecule has 3 rings (SSSR count). The van der Waals surface area contributed by atoms with Crippen LogP contribution in [0.3, 0.4) is 0 Å². The van der Waals surface area contributed by atoms with Crippen LogP contribution in [0.5, 0.6) is 0 Å². The Morgan fingerprint density at radius 3 is 2.67 bits per heavy atom. The average Bonchev–Trinajstić information content (AvgIpc) is 2.67. The maximum absolute atomic E-state index is 12.0. The molecule has 4 heteroatoms. The fraction of sp³-hybridized carbons (Fsp3) is 0.0714. The fourth-order valence-corrected chi connectivity index (χ4v) is 4.29. The minimum Gasteiger partial charge on any atom is -0.402 e.